The molecule has 0 aliphatic carbocycles. The smallest absolute Gasteiger partial charge is 0.309 e. The van der Waals surface area contributed by atoms with Crippen LogP contribution in [-0.4, -0.2) is 24.9 Å². The van der Waals surface area contributed by atoms with Crippen molar-refractivity contribution in [2.24, 2.45) is 5.73 Å². The number of hydrogen-bond acceptors (Lipinski definition) is 6. The van der Waals surface area contributed by atoms with Gasteiger partial charge in [-0.3, -0.25) is 9.59 Å². The Morgan fingerprint density at radius 3 is 1.86 bits per heavy atom. The topological polar surface area (TPSA) is 192 Å². The average molecular weight is 232 g/mol. The van der Waals surface area contributed by atoms with Crippen molar-refractivity contribution in [1.29, 1.82) is 0 Å². The lowest BCUT2D eigenvalue weighted by molar-refractivity contribution is -2.00. The molecule has 0 atom stereocenters. The van der Waals surface area contributed by atoms with Crippen LogP contribution in [0.2, 0.25) is 0 Å². The summed E-state index contributed by atoms with van der Waals surface area (Å²) in [4.78, 5) is 20.3. The largest absolute Gasteiger partial charge is 0.361 e. The van der Waals surface area contributed by atoms with E-state index in [0.29, 0.717) is 13.1 Å². The molecule has 0 unspecified atom stereocenters. The molecule has 0 heterocycles. The molecule has 0 rings (SSSR count). The van der Waals surface area contributed by atoms with Crippen molar-refractivity contribution in [3.8, 4) is 0 Å². The monoisotopic (exact) mass is 231 g/mol. The second-order valence-electron chi connectivity index (χ2n) is 1.85. The first kappa shape index (κ1) is 15.5. The van der Waals surface area contributed by atoms with Gasteiger partial charge in [0.15, 0.2) is 0 Å². The lowest BCUT2D eigenvalue weighted by Gasteiger charge is -2.17. The maximum Gasteiger partial charge on any atom is 0.309 e. The molecular formula is C4H10ClN3O6. The number of halogens is 1. The van der Waals surface area contributed by atoms with Crippen molar-refractivity contribution < 1.29 is 44.2 Å². The molecule has 2 amide bonds. The van der Waals surface area contributed by atoms with Gasteiger partial charge < -0.3 is 16.8 Å². The van der Waals surface area contributed by atoms with E-state index in [0.717, 1.165) is 0 Å². The molecule has 0 saturated heterocycles. The molecule has 84 valence electrons. The van der Waals surface area contributed by atoms with Crippen LogP contribution < -0.4 is 35.4 Å². The highest BCUT2D eigenvalue weighted by Gasteiger charge is 2.05. The van der Waals surface area contributed by atoms with Crippen molar-refractivity contribution in [2.75, 3.05) is 13.1 Å². The van der Waals surface area contributed by atoms with Crippen LogP contribution in [0.3, 0.4) is 0 Å². The Morgan fingerprint density at radius 2 is 1.64 bits per heavy atom. The van der Waals surface area contributed by atoms with Gasteiger partial charge in [0.25, 0.3) is 0 Å². The first-order valence-corrected chi connectivity index (χ1v) is 4.40. The Morgan fingerprint density at radius 1 is 1.29 bits per heavy atom. The highest BCUT2D eigenvalue weighted by Crippen LogP contribution is 1.58. The van der Waals surface area contributed by atoms with Crippen molar-refractivity contribution >= 4 is 11.8 Å². The number of rotatable bonds is 2. The standard InChI is InChI=1S/C4H9N3O2.ClHO4/c5-1-2-7-4(9)3(6)8;2-1(3,4)5/h1-2,5H2,(H2,6,8)(H,7,9);(H,2,3,4,5). The lowest BCUT2D eigenvalue weighted by atomic mass is 10.5. The molecule has 6 N–H and O–H groups in total. The van der Waals surface area contributed by atoms with Gasteiger partial charge in [0, 0.05) is 0 Å². The van der Waals surface area contributed by atoms with Gasteiger partial charge in [0.2, 0.25) is 0 Å². The number of hydrogen-bond donors (Lipinski definition) is 3. The molecule has 0 aromatic heterocycles. The van der Waals surface area contributed by atoms with Crippen LogP contribution in [0.25, 0.3) is 0 Å². The normalized spacial score (nSPS) is 9.79. The molecule has 10 heteroatoms. The predicted molar refractivity (Wildman–Crippen MR) is 30.0 cm³/mol. The Hall–Kier alpha value is -0.970. The molecule has 0 fully saturated rings. The Bertz CT molecular complexity index is 186. The van der Waals surface area contributed by atoms with E-state index >= 15 is 0 Å². The summed E-state index contributed by atoms with van der Waals surface area (Å²) in [6.45, 7) is 0.945. The van der Waals surface area contributed by atoms with Gasteiger partial charge in [-0.25, -0.2) is 18.6 Å². The second kappa shape index (κ2) is 7.44. The number of carbonyl (C=O) groups is 2. The van der Waals surface area contributed by atoms with E-state index in [4.69, 9.17) is 18.6 Å². The number of amides is 2. The lowest BCUT2D eigenvalue weighted by Crippen LogP contribution is -2.68. The zero-order valence-corrected chi connectivity index (χ0v) is 7.78. The SMILES string of the molecule is NC(=O)C(=O)NCC[NH3+].[O-][Cl+3]([O-])([O-])[O-]. The Balaban J connectivity index is 0. The maximum atomic E-state index is 10.3. The summed E-state index contributed by atoms with van der Waals surface area (Å²) in [5, 5.41) is 2.26. The average Bonchev–Trinajstić information content (AvgIpc) is 1.96. The van der Waals surface area contributed by atoms with Gasteiger partial charge in [0.05, 0.1) is 13.1 Å². The van der Waals surface area contributed by atoms with Crippen molar-refractivity contribution in [1.82, 2.24) is 5.32 Å². The third kappa shape index (κ3) is 22.5. The van der Waals surface area contributed by atoms with Gasteiger partial charge in [-0.2, -0.15) is 0 Å². The quantitative estimate of drug-likeness (QED) is 0.395. The number of primary amides is 1. The number of quaternary nitrogens is 1. The summed E-state index contributed by atoms with van der Waals surface area (Å²) in [6.07, 6.45) is 0. The van der Waals surface area contributed by atoms with Crippen LogP contribution >= 0.6 is 0 Å². The van der Waals surface area contributed by atoms with Gasteiger partial charge >= 0.3 is 11.8 Å². The molecule has 0 aromatic rings. The first-order chi connectivity index (χ1) is 6.18. The predicted octanol–water partition coefficient (Wildman–Crippen LogP) is -7.93. The summed E-state index contributed by atoms with van der Waals surface area (Å²) >= 11 is 0. The van der Waals surface area contributed by atoms with Crippen LogP contribution in [0.15, 0.2) is 0 Å². The van der Waals surface area contributed by atoms with E-state index in [1.807, 2.05) is 0 Å². The van der Waals surface area contributed by atoms with Crippen LogP contribution in [0.4, 0.5) is 0 Å². The number of carbonyl (C=O) groups excluding carboxylic acids is 2. The zero-order valence-electron chi connectivity index (χ0n) is 7.03. The highest BCUT2D eigenvalue weighted by molar-refractivity contribution is 6.34. The molecule has 0 bridgehead atoms. The molecule has 0 saturated carbocycles. The van der Waals surface area contributed by atoms with E-state index in [1.165, 1.54) is 0 Å². The van der Waals surface area contributed by atoms with Gasteiger partial charge in [-0.15, -0.1) is 10.2 Å². The highest BCUT2D eigenvalue weighted by atomic mass is 35.7. The molecule has 0 spiro atoms. The minimum absolute atomic E-state index is 0.391. The third-order valence-electron chi connectivity index (χ3n) is 0.686. The zero-order chi connectivity index (χ0) is 11.8. The Labute approximate surface area is 81.0 Å². The Kier molecular flexibility index (Phi) is 8.23. The number of nitrogens with one attached hydrogen (secondary N) is 1. The van der Waals surface area contributed by atoms with E-state index < -0.39 is 22.1 Å². The first-order valence-electron chi connectivity index (χ1n) is 3.17. The molecule has 0 aromatic carbocycles. The van der Waals surface area contributed by atoms with Crippen molar-refractivity contribution in [2.45, 2.75) is 0 Å². The van der Waals surface area contributed by atoms with Crippen LogP contribution in [0, 0.1) is 10.2 Å². The van der Waals surface area contributed by atoms with E-state index in [-0.39, 0.29) is 0 Å². The maximum absolute atomic E-state index is 10.3. The summed E-state index contributed by atoms with van der Waals surface area (Å²) in [5.74, 6) is -1.71. The molecular weight excluding hydrogens is 222 g/mol. The van der Waals surface area contributed by atoms with Crippen molar-refractivity contribution in [3.05, 3.63) is 0 Å². The summed E-state index contributed by atoms with van der Waals surface area (Å²) in [5.41, 5.74) is 8.06. The van der Waals surface area contributed by atoms with Crippen LogP contribution in [-0.2, 0) is 9.59 Å². The fraction of sp³-hybridized carbons (Fsp3) is 0.500. The van der Waals surface area contributed by atoms with E-state index in [9.17, 15) is 9.59 Å². The molecule has 0 radical (unpaired) electrons. The minimum atomic E-state index is -4.94. The fourth-order valence-corrected chi connectivity index (χ4v) is 0.289. The third-order valence-corrected chi connectivity index (χ3v) is 0.686. The van der Waals surface area contributed by atoms with Crippen LogP contribution in [0.1, 0.15) is 0 Å². The molecule has 9 nitrogen and oxygen atoms in total. The summed E-state index contributed by atoms with van der Waals surface area (Å²) in [7, 11) is -4.94. The minimum Gasteiger partial charge on any atom is -0.361 e. The fourth-order valence-electron chi connectivity index (χ4n) is 0.289. The summed E-state index contributed by atoms with van der Waals surface area (Å²) < 4.78 is 34.0. The number of nitrogens with two attached hydrogens (primary N) is 1. The van der Waals surface area contributed by atoms with E-state index in [2.05, 4.69) is 16.8 Å². The molecule has 0 aliphatic heterocycles. The van der Waals surface area contributed by atoms with Gasteiger partial charge in [-0.1, -0.05) is 0 Å². The van der Waals surface area contributed by atoms with Crippen molar-refractivity contribution in [3.63, 3.8) is 0 Å². The molecule has 0 aliphatic rings. The van der Waals surface area contributed by atoms with Crippen LogP contribution in [0.5, 0.6) is 0 Å². The van der Waals surface area contributed by atoms with Gasteiger partial charge in [-0.05, 0) is 0 Å². The van der Waals surface area contributed by atoms with Gasteiger partial charge in [0.1, 0.15) is 0 Å². The second-order valence-corrected chi connectivity index (χ2v) is 2.61. The van der Waals surface area contributed by atoms with E-state index in [1.54, 1.807) is 0 Å². The molecule has 14 heavy (non-hydrogen) atoms. The summed E-state index contributed by atoms with van der Waals surface area (Å²) in [6, 6.07) is 0.